The van der Waals surface area contributed by atoms with Gasteiger partial charge in [-0.05, 0) is 84.4 Å². The lowest BCUT2D eigenvalue weighted by molar-refractivity contribution is 0.867. The molecule has 0 heterocycles. The highest BCUT2D eigenvalue weighted by Gasteiger charge is 2.00. The van der Waals surface area contributed by atoms with Crippen molar-refractivity contribution in [1.29, 1.82) is 0 Å². The number of rotatable bonds is 9. The molecule has 0 aromatic heterocycles. The molecule has 0 saturated carbocycles. The summed E-state index contributed by atoms with van der Waals surface area (Å²) in [7, 11) is 0. The Labute approximate surface area is 194 Å². The number of hydrogen-bond acceptors (Lipinski definition) is 2. The van der Waals surface area contributed by atoms with Crippen LogP contribution in [0, 0.1) is 0 Å². The molecule has 2 heteroatoms. The highest BCUT2D eigenvalue weighted by atomic mass is 14.7. The fourth-order valence-corrected chi connectivity index (χ4v) is 3.15. The molecule has 2 nitrogen and oxygen atoms in total. The van der Waals surface area contributed by atoms with Crippen LogP contribution in [-0.4, -0.2) is 12.4 Å². The number of hydrogen-bond donors (Lipinski definition) is 0. The van der Waals surface area contributed by atoms with Crippen LogP contribution in [0.2, 0.25) is 0 Å². The normalized spacial score (nSPS) is 13.8. The largest absolute Gasteiger partial charge is 0.257 e. The van der Waals surface area contributed by atoms with Crippen LogP contribution in [-0.2, 0) is 0 Å². The Kier molecular flexibility index (Phi) is 10.3. The van der Waals surface area contributed by atoms with Crippen LogP contribution >= 0.6 is 0 Å². The van der Waals surface area contributed by atoms with Gasteiger partial charge in [-0.1, -0.05) is 76.3 Å². The highest BCUT2D eigenvalue weighted by molar-refractivity contribution is 5.82. The SMILES string of the molecule is C\C=C/C(=C/C=N/c1ccc(C(C)C)cc1)C(/C=C\C)=C/C=N/c1ccc(C(C)C)cc1. The van der Waals surface area contributed by atoms with Crippen LogP contribution in [0.1, 0.15) is 64.5 Å². The van der Waals surface area contributed by atoms with E-state index < -0.39 is 0 Å². The van der Waals surface area contributed by atoms with Gasteiger partial charge >= 0.3 is 0 Å². The first-order valence-corrected chi connectivity index (χ1v) is 11.4. The minimum absolute atomic E-state index is 0.526. The number of aliphatic imine (C=N–C) groups is 2. The van der Waals surface area contributed by atoms with Crippen LogP contribution in [0.25, 0.3) is 0 Å². The third-order valence-electron chi connectivity index (χ3n) is 5.10. The van der Waals surface area contributed by atoms with Crippen molar-refractivity contribution in [1.82, 2.24) is 0 Å². The Morgan fingerprint density at radius 1 is 0.594 bits per heavy atom. The molecule has 0 fully saturated rings. The quantitative estimate of drug-likeness (QED) is 0.283. The second-order valence-corrected chi connectivity index (χ2v) is 8.29. The van der Waals surface area contributed by atoms with E-state index in [-0.39, 0.29) is 0 Å². The molecule has 0 N–H and O–H groups in total. The molecule has 0 aliphatic heterocycles. The number of allylic oxidation sites excluding steroid dienone is 8. The van der Waals surface area contributed by atoms with E-state index in [0.29, 0.717) is 11.8 Å². The van der Waals surface area contributed by atoms with Gasteiger partial charge in [0.2, 0.25) is 0 Å². The Morgan fingerprint density at radius 2 is 0.938 bits per heavy atom. The second-order valence-electron chi connectivity index (χ2n) is 8.29. The standard InChI is InChI=1S/C30H36N2/c1-7-9-27(19-21-31-29-15-11-25(12-16-29)23(3)4)28(10-8-2)20-22-32-30-17-13-26(14-18-30)24(5)6/h7-24H,1-6H3/b9-7-,10-8-,27-19-,28-20+,31-21+,32-22+. The first-order chi connectivity index (χ1) is 15.4. The van der Waals surface area contributed by atoms with Gasteiger partial charge in [0, 0.05) is 12.4 Å². The summed E-state index contributed by atoms with van der Waals surface area (Å²) in [6, 6.07) is 16.8. The Bertz CT molecular complexity index is 924. The zero-order chi connectivity index (χ0) is 23.3. The Morgan fingerprint density at radius 3 is 1.22 bits per heavy atom. The van der Waals surface area contributed by atoms with Crippen molar-refractivity contribution >= 4 is 23.8 Å². The summed E-state index contributed by atoms with van der Waals surface area (Å²) in [5.41, 5.74) is 6.71. The third-order valence-corrected chi connectivity index (χ3v) is 5.10. The van der Waals surface area contributed by atoms with Crippen molar-refractivity contribution in [3.8, 4) is 0 Å². The molecular formula is C30H36N2. The van der Waals surface area contributed by atoms with Crippen molar-refractivity contribution in [3.63, 3.8) is 0 Å². The fourth-order valence-electron chi connectivity index (χ4n) is 3.15. The van der Waals surface area contributed by atoms with Gasteiger partial charge < -0.3 is 0 Å². The second kappa shape index (κ2) is 13.2. The highest BCUT2D eigenvalue weighted by Crippen LogP contribution is 2.20. The van der Waals surface area contributed by atoms with Crippen molar-refractivity contribution in [2.75, 3.05) is 0 Å². The summed E-state index contributed by atoms with van der Waals surface area (Å²) in [4.78, 5) is 9.20. The molecule has 0 bridgehead atoms. The predicted molar refractivity (Wildman–Crippen MR) is 143 cm³/mol. The first-order valence-electron chi connectivity index (χ1n) is 11.4. The lowest BCUT2D eigenvalue weighted by Gasteiger charge is -2.05. The smallest absolute Gasteiger partial charge is 0.0629 e. The lowest BCUT2D eigenvalue weighted by Crippen LogP contribution is -1.87. The lowest BCUT2D eigenvalue weighted by atomic mass is 10.0. The minimum atomic E-state index is 0.526. The van der Waals surface area contributed by atoms with Crippen molar-refractivity contribution in [3.05, 3.63) is 107 Å². The monoisotopic (exact) mass is 424 g/mol. The topological polar surface area (TPSA) is 24.7 Å². The van der Waals surface area contributed by atoms with E-state index in [1.54, 1.807) is 0 Å². The summed E-state index contributed by atoms with van der Waals surface area (Å²) in [6.45, 7) is 12.8. The van der Waals surface area contributed by atoms with Gasteiger partial charge in [0.15, 0.2) is 0 Å². The summed E-state index contributed by atoms with van der Waals surface area (Å²) < 4.78 is 0. The molecule has 0 saturated heterocycles. The van der Waals surface area contributed by atoms with Gasteiger partial charge in [0.05, 0.1) is 11.4 Å². The maximum Gasteiger partial charge on any atom is 0.0629 e. The minimum Gasteiger partial charge on any atom is -0.257 e. The zero-order valence-electron chi connectivity index (χ0n) is 20.3. The van der Waals surface area contributed by atoms with E-state index in [2.05, 4.69) is 98.4 Å². The third kappa shape index (κ3) is 8.11. The number of benzene rings is 2. The van der Waals surface area contributed by atoms with E-state index in [4.69, 9.17) is 0 Å². The molecule has 0 aliphatic carbocycles. The van der Waals surface area contributed by atoms with E-state index in [1.165, 1.54) is 11.1 Å². The number of nitrogens with zero attached hydrogens (tertiary/aromatic N) is 2. The van der Waals surface area contributed by atoms with Crippen molar-refractivity contribution in [2.24, 2.45) is 9.98 Å². The van der Waals surface area contributed by atoms with Crippen LogP contribution < -0.4 is 0 Å². The zero-order valence-corrected chi connectivity index (χ0v) is 20.3. The molecule has 0 atom stereocenters. The van der Waals surface area contributed by atoms with Gasteiger partial charge in [-0.3, -0.25) is 9.98 Å². The van der Waals surface area contributed by atoms with Crippen LogP contribution in [0.4, 0.5) is 11.4 Å². The fraction of sp³-hybridized carbons (Fsp3) is 0.267. The molecule has 0 aliphatic rings. The van der Waals surface area contributed by atoms with Crippen LogP contribution in [0.15, 0.2) is 106 Å². The van der Waals surface area contributed by atoms with Crippen molar-refractivity contribution in [2.45, 2.75) is 53.4 Å². The van der Waals surface area contributed by atoms with E-state index in [9.17, 15) is 0 Å². The molecule has 0 radical (unpaired) electrons. The Balaban J connectivity index is 2.22. The summed E-state index contributed by atoms with van der Waals surface area (Å²) in [5, 5.41) is 0. The average molecular weight is 425 g/mol. The molecule has 0 amide bonds. The maximum absolute atomic E-state index is 4.60. The van der Waals surface area contributed by atoms with Gasteiger partial charge in [-0.15, -0.1) is 0 Å². The summed E-state index contributed by atoms with van der Waals surface area (Å²) >= 11 is 0. The van der Waals surface area contributed by atoms with E-state index in [0.717, 1.165) is 22.5 Å². The molecule has 0 unspecified atom stereocenters. The van der Waals surface area contributed by atoms with Gasteiger partial charge in [0.25, 0.3) is 0 Å². The molecule has 2 aromatic rings. The Hall–Kier alpha value is -3.26. The summed E-state index contributed by atoms with van der Waals surface area (Å²) in [5.74, 6) is 1.05. The van der Waals surface area contributed by atoms with Gasteiger partial charge in [-0.2, -0.15) is 0 Å². The van der Waals surface area contributed by atoms with Crippen LogP contribution in [0.3, 0.4) is 0 Å². The molecule has 0 spiro atoms. The molecule has 2 rings (SSSR count). The first kappa shape index (κ1) is 25.0. The van der Waals surface area contributed by atoms with Gasteiger partial charge in [0.1, 0.15) is 0 Å². The van der Waals surface area contributed by atoms with Gasteiger partial charge in [-0.25, -0.2) is 0 Å². The molecule has 2 aromatic carbocycles. The molecule has 166 valence electrons. The van der Waals surface area contributed by atoms with E-state index in [1.807, 2.05) is 50.6 Å². The molecular weight excluding hydrogens is 388 g/mol. The summed E-state index contributed by atoms with van der Waals surface area (Å²) in [6.07, 6.45) is 16.0. The maximum atomic E-state index is 4.60. The van der Waals surface area contributed by atoms with Crippen LogP contribution in [0.5, 0.6) is 0 Å². The van der Waals surface area contributed by atoms with E-state index >= 15 is 0 Å². The average Bonchev–Trinajstić information content (AvgIpc) is 2.78. The van der Waals surface area contributed by atoms with Crippen molar-refractivity contribution < 1.29 is 0 Å². The molecule has 32 heavy (non-hydrogen) atoms. The predicted octanol–water partition coefficient (Wildman–Crippen LogP) is 9.04.